The first-order valence-corrected chi connectivity index (χ1v) is 6.41. The van der Waals surface area contributed by atoms with Crippen molar-refractivity contribution >= 4 is 31.9 Å². The fraction of sp³-hybridized carbons (Fsp3) is 0. The number of hydrogen-bond acceptors (Lipinski definition) is 2. The van der Waals surface area contributed by atoms with Crippen molar-refractivity contribution in [3.8, 4) is 17.6 Å². The lowest BCUT2D eigenvalue weighted by atomic mass is 10.2. The molecule has 0 spiro atoms. The number of nitriles is 1. The first-order chi connectivity index (χ1) is 8.19. The molecule has 0 radical (unpaired) electrons. The number of nitrogens with zero attached hydrogens (tertiary/aromatic N) is 1. The molecule has 0 heterocycles. The molecule has 0 aliphatic rings. The van der Waals surface area contributed by atoms with Crippen LogP contribution in [0.4, 0.5) is 0 Å². The van der Waals surface area contributed by atoms with Crippen LogP contribution in [0, 0.1) is 11.3 Å². The normalized spacial score (nSPS) is 9.71. The van der Waals surface area contributed by atoms with Gasteiger partial charge in [-0.1, -0.05) is 31.9 Å². The summed E-state index contributed by atoms with van der Waals surface area (Å²) >= 11 is 6.67. The van der Waals surface area contributed by atoms with Crippen LogP contribution in [0.1, 0.15) is 5.56 Å². The van der Waals surface area contributed by atoms with Gasteiger partial charge in [0.15, 0.2) is 0 Å². The van der Waals surface area contributed by atoms with Gasteiger partial charge in [0.25, 0.3) is 0 Å². The van der Waals surface area contributed by atoms with Gasteiger partial charge in [0, 0.05) is 8.95 Å². The SMILES string of the molecule is N#Cc1cc(Br)ccc1Oc1ccc(Br)cc1. The van der Waals surface area contributed by atoms with Crippen LogP contribution in [0.25, 0.3) is 0 Å². The summed E-state index contributed by atoms with van der Waals surface area (Å²) in [6, 6.07) is 14.9. The van der Waals surface area contributed by atoms with Crippen LogP contribution in [-0.2, 0) is 0 Å². The van der Waals surface area contributed by atoms with E-state index in [0.29, 0.717) is 17.1 Å². The summed E-state index contributed by atoms with van der Waals surface area (Å²) in [6.45, 7) is 0. The number of benzene rings is 2. The van der Waals surface area contributed by atoms with Crippen molar-refractivity contribution in [2.75, 3.05) is 0 Å². The Morgan fingerprint density at radius 3 is 2.24 bits per heavy atom. The molecule has 84 valence electrons. The van der Waals surface area contributed by atoms with Crippen molar-refractivity contribution in [3.63, 3.8) is 0 Å². The predicted octanol–water partition coefficient (Wildman–Crippen LogP) is 4.88. The van der Waals surface area contributed by atoms with Gasteiger partial charge in [0.1, 0.15) is 17.6 Å². The third kappa shape index (κ3) is 3.09. The number of halogens is 2. The second kappa shape index (κ2) is 5.35. The van der Waals surface area contributed by atoms with E-state index in [2.05, 4.69) is 37.9 Å². The molecule has 0 bridgehead atoms. The molecule has 0 atom stereocenters. The topological polar surface area (TPSA) is 33.0 Å². The van der Waals surface area contributed by atoms with Crippen LogP contribution >= 0.6 is 31.9 Å². The third-order valence-corrected chi connectivity index (χ3v) is 3.13. The number of rotatable bonds is 2. The maximum atomic E-state index is 9.01. The summed E-state index contributed by atoms with van der Waals surface area (Å²) in [5, 5.41) is 9.01. The predicted molar refractivity (Wildman–Crippen MR) is 73.1 cm³/mol. The molecule has 0 saturated carbocycles. The zero-order valence-corrected chi connectivity index (χ0v) is 11.8. The molecule has 4 heteroatoms. The van der Waals surface area contributed by atoms with Crippen LogP contribution in [-0.4, -0.2) is 0 Å². The number of ether oxygens (including phenoxy) is 1. The summed E-state index contributed by atoms with van der Waals surface area (Å²) in [6.07, 6.45) is 0. The average Bonchev–Trinajstić information content (AvgIpc) is 2.34. The summed E-state index contributed by atoms with van der Waals surface area (Å²) in [5.74, 6) is 1.25. The molecule has 0 amide bonds. The molecule has 0 aliphatic heterocycles. The van der Waals surface area contributed by atoms with Crippen LogP contribution in [0.15, 0.2) is 51.4 Å². The Bertz CT molecular complexity index is 573. The highest BCUT2D eigenvalue weighted by Crippen LogP contribution is 2.28. The first-order valence-electron chi connectivity index (χ1n) is 4.82. The molecular weight excluding hydrogens is 346 g/mol. The van der Waals surface area contributed by atoms with Crippen LogP contribution in [0.3, 0.4) is 0 Å². The third-order valence-electron chi connectivity index (χ3n) is 2.10. The lowest BCUT2D eigenvalue weighted by Gasteiger charge is -2.07. The minimum Gasteiger partial charge on any atom is -0.456 e. The summed E-state index contributed by atoms with van der Waals surface area (Å²) < 4.78 is 7.49. The Kier molecular flexibility index (Phi) is 3.82. The van der Waals surface area contributed by atoms with Gasteiger partial charge in [0.05, 0.1) is 5.56 Å². The van der Waals surface area contributed by atoms with Gasteiger partial charge in [-0.2, -0.15) is 5.26 Å². The van der Waals surface area contributed by atoms with E-state index < -0.39 is 0 Å². The fourth-order valence-corrected chi connectivity index (χ4v) is 1.93. The molecule has 2 aromatic rings. The summed E-state index contributed by atoms with van der Waals surface area (Å²) in [4.78, 5) is 0. The lowest BCUT2D eigenvalue weighted by Crippen LogP contribution is -1.88. The van der Waals surface area contributed by atoms with Crippen LogP contribution < -0.4 is 4.74 Å². The highest BCUT2D eigenvalue weighted by atomic mass is 79.9. The van der Waals surface area contributed by atoms with Gasteiger partial charge >= 0.3 is 0 Å². The highest BCUT2D eigenvalue weighted by Gasteiger charge is 2.05. The Balaban J connectivity index is 2.30. The molecule has 0 aromatic heterocycles. The maximum absolute atomic E-state index is 9.01. The average molecular weight is 353 g/mol. The largest absolute Gasteiger partial charge is 0.456 e. The maximum Gasteiger partial charge on any atom is 0.145 e. The van der Waals surface area contributed by atoms with Gasteiger partial charge < -0.3 is 4.74 Å². The monoisotopic (exact) mass is 351 g/mol. The lowest BCUT2D eigenvalue weighted by molar-refractivity contribution is 0.481. The van der Waals surface area contributed by atoms with E-state index in [1.807, 2.05) is 30.3 Å². The minimum absolute atomic E-state index is 0.502. The van der Waals surface area contributed by atoms with E-state index in [-0.39, 0.29) is 0 Å². The van der Waals surface area contributed by atoms with Crippen molar-refractivity contribution in [2.45, 2.75) is 0 Å². The summed E-state index contributed by atoms with van der Waals surface area (Å²) in [7, 11) is 0. The van der Waals surface area contributed by atoms with Crippen LogP contribution in [0.5, 0.6) is 11.5 Å². The first kappa shape index (κ1) is 12.2. The van der Waals surface area contributed by atoms with E-state index in [9.17, 15) is 0 Å². The van der Waals surface area contributed by atoms with Crippen molar-refractivity contribution in [3.05, 3.63) is 57.0 Å². The van der Waals surface area contributed by atoms with Crippen molar-refractivity contribution in [2.24, 2.45) is 0 Å². The highest BCUT2D eigenvalue weighted by molar-refractivity contribution is 9.10. The van der Waals surface area contributed by atoms with Gasteiger partial charge in [-0.15, -0.1) is 0 Å². The van der Waals surface area contributed by atoms with Gasteiger partial charge in [-0.25, -0.2) is 0 Å². The molecule has 0 aliphatic carbocycles. The number of hydrogen-bond donors (Lipinski definition) is 0. The molecule has 2 nitrogen and oxygen atoms in total. The fourth-order valence-electron chi connectivity index (χ4n) is 1.31. The van der Waals surface area contributed by atoms with Crippen molar-refractivity contribution < 1.29 is 4.74 Å². The van der Waals surface area contributed by atoms with Gasteiger partial charge in [-0.3, -0.25) is 0 Å². The van der Waals surface area contributed by atoms with Gasteiger partial charge in [0.2, 0.25) is 0 Å². The van der Waals surface area contributed by atoms with Gasteiger partial charge in [-0.05, 0) is 42.5 Å². The van der Waals surface area contributed by atoms with E-state index >= 15 is 0 Å². The molecular formula is C13H7Br2NO. The van der Waals surface area contributed by atoms with Crippen LogP contribution in [0.2, 0.25) is 0 Å². The summed E-state index contributed by atoms with van der Waals surface area (Å²) in [5.41, 5.74) is 0.502. The Morgan fingerprint density at radius 1 is 0.941 bits per heavy atom. The zero-order chi connectivity index (χ0) is 12.3. The Labute approximate surface area is 116 Å². The molecule has 2 rings (SSSR count). The molecule has 0 fully saturated rings. The van der Waals surface area contributed by atoms with E-state index in [4.69, 9.17) is 10.00 Å². The Morgan fingerprint density at radius 2 is 1.59 bits per heavy atom. The molecule has 0 saturated heterocycles. The zero-order valence-electron chi connectivity index (χ0n) is 8.65. The standard InChI is InChI=1S/C13H7Br2NO/c14-10-1-4-12(5-2-10)17-13-6-3-11(15)7-9(13)8-16/h1-7H. The second-order valence-electron chi connectivity index (χ2n) is 3.31. The molecule has 2 aromatic carbocycles. The van der Waals surface area contributed by atoms with E-state index in [1.54, 1.807) is 12.1 Å². The second-order valence-corrected chi connectivity index (χ2v) is 5.14. The minimum atomic E-state index is 0.502. The smallest absolute Gasteiger partial charge is 0.145 e. The molecule has 0 N–H and O–H groups in total. The molecule has 0 unspecified atom stereocenters. The Hall–Kier alpha value is -1.31. The quantitative estimate of drug-likeness (QED) is 0.771. The van der Waals surface area contributed by atoms with E-state index in [1.165, 1.54) is 0 Å². The van der Waals surface area contributed by atoms with Crippen molar-refractivity contribution in [1.82, 2.24) is 0 Å². The molecule has 17 heavy (non-hydrogen) atoms. The van der Waals surface area contributed by atoms with Crippen molar-refractivity contribution in [1.29, 1.82) is 5.26 Å². The van der Waals surface area contributed by atoms with E-state index in [0.717, 1.165) is 8.95 Å².